The smallest absolute Gasteiger partial charge is 0.0931 e. The Bertz CT molecular complexity index is 427. The van der Waals surface area contributed by atoms with Gasteiger partial charge in [-0.1, -0.05) is 33.8 Å². The summed E-state index contributed by atoms with van der Waals surface area (Å²) in [5.41, 5.74) is 4.88. The van der Waals surface area contributed by atoms with Crippen molar-refractivity contribution < 1.29 is 0 Å². The second kappa shape index (κ2) is 4.96. The molecule has 0 aliphatic rings. The van der Waals surface area contributed by atoms with Crippen LogP contribution in [0.15, 0.2) is 18.5 Å². The maximum Gasteiger partial charge on any atom is 0.0931 e. The average Bonchev–Trinajstić information content (AvgIpc) is 2.67. The fourth-order valence-corrected chi connectivity index (χ4v) is 1.67. The van der Waals surface area contributed by atoms with Crippen LogP contribution in [0.3, 0.4) is 0 Å². The highest BCUT2D eigenvalue weighted by molar-refractivity contribution is 5.79. The number of aromatic nitrogens is 2. The summed E-state index contributed by atoms with van der Waals surface area (Å²) in [5.74, 6) is 0.533. The van der Waals surface area contributed by atoms with Gasteiger partial charge in [0.05, 0.1) is 17.4 Å². The standard InChI is InChI=1S/C11H14N2.C2H6/c1-7(2)9-4-8(3)5-10-11(9)13-6-12-10;1-2/h4-7H,1-3H3,(H,12,13);1-2H3. The molecule has 0 atom stereocenters. The monoisotopic (exact) mass is 204 g/mol. The summed E-state index contributed by atoms with van der Waals surface area (Å²) in [4.78, 5) is 7.47. The maximum absolute atomic E-state index is 4.33. The molecule has 2 heteroatoms. The molecule has 0 saturated carbocycles. The SMILES string of the molecule is CC.Cc1cc(C(C)C)c2nc[nH]c2c1. The second-order valence-electron chi connectivity index (χ2n) is 3.81. The Morgan fingerprint density at radius 3 is 2.47 bits per heavy atom. The minimum Gasteiger partial charge on any atom is -0.345 e. The quantitative estimate of drug-likeness (QED) is 0.746. The van der Waals surface area contributed by atoms with Crippen molar-refractivity contribution in [3.8, 4) is 0 Å². The van der Waals surface area contributed by atoms with E-state index in [4.69, 9.17) is 0 Å². The van der Waals surface area contributed by atoms with E-state index in [1.807, 2.05) is 13.8 Å². The van der Waals surface area contributed by atoms with E-state index in [-0.39, 0.29) is 0 Å². The summed E-state index contributed by atoms with van der Waals surface area (Å²) in [5, 5.41) is 0. The van der Waals surface area contributed by atoms with Crippen molar-refractivity contribution in [1.82, 2.24) is 9.97 Å². The lowest BCUT2D eigenvalue weighted by Gasteiger charge is -2.07. The minimum absolute atomic E-state index is 0.533. The molecule has 0 aliphatic carbocycles. The van der Waals surface area contributed by atoms with E-state index >= 15 is 0 Å². The lowest BCUT2D eigenvalue weighted by Crippen LogP contribution is -1.90. The van der Waals surface area contributed by atoms with E-state index in [0.717, 1.165) is 11.0 Å². The number of nitrogens with zero attached hydrogens (tertiary/aromatic N) is 1. The number of aromatic amines is 1. The van der Waals surface area contributed by atoms with E-state index in [1.54, 1.807) is 6.33 Å². The van der Waals surface area contributed by atoms with Gasteiger partial charge in [0, 0.05) is 0 Å². The van der Waals surface area contributed by atoms with Crippen LogP contribution < -0.4 is 0 Å². The van der Waals surface area contributed by atoms with Gasteiger partial charge in [-0.3, -0.25) is 0 Å². The van der Waals surface area contributed by atoms with Gasteiger partial charge in [-0.05, 0) is 30.0 Å². The molecule has 0 radical (unpaired) electrons. The molecule has 0 unspecified atom stereocenters. The Labute approximate surface area is 91.7 Å². The number of rotatable bonds is 1. The molecule has 1 aromatic heterocycles. The Morgan fingerprint density at radius 1 is 1.20 bits per heavy atom. The molecular weight excluding hydrogens is 184 g/mol. The number of aryl methyl sites for hydroxylation is 1. The zero-order valence-electron chi connectivity index (χ0n) is 10.3. The summed E-state index contributed by atoms with van der Waals surface area (Å²) >= 11 is 0. The molecule has 0 saturated heterocycles. The predicted molar refractivity (Wildman–Crippen MR) is 66.3 cm³/mol. The molecule has 0 spiro atoms. The van der Waals surface area contributed by atoms with Crippen LogP contribution in [-0.4, -0.2) is 9.97 Å². The van der Waals surface area contributed by atoms with Crippen molar-refractivity contribution in [3.05, 3.63) is 29.6 Å². The van der Waals surface area contributed by atoms with Gasteiger partial charge in [0.25, 0.3) is 0 Å². The fourth-order valence-electron chi connectivity index (χ4n) is 1.67. The van der Waals surface area contributed by atoms with E-state index in [0.29, 0.717) is 5.92 Å². The molecule has 0 aliphatic heterocycles. The van der Waals surface area contributed by atoms with Crippen LogP contribution in [0.2, 0.25) is 0 Å². The normalized spacial score (nSPS) is 10.3. The Kier molecular flexibility index (Phi) is 3.89. The van der Waals surface area contributed by atoms with Gasteiger partial charge in [0.2, 0.25) is 0 Å². The second-order valence-corrected chi connectivity index (χ2v) is 3.81. The molecule has 2 aromatic rings. The topological polar surface area (TPSA) is 28.7 Å². The van der Waals surface area contributed by atoms with Crippen molar-refractivity contribution >= 4 is 11.0 Å². The van der Waals surface area contributed by atoms with Crippen LogP contribution in [0.4, 0.5) is 0 Å². The lowest BCUT2D eigenvalue weighted by atomic mass is 9.99. The number of hydrogen-bond donors (Lipinski definition) is 1. The van der Waals surface area contributed by atoms with Gasteiger partial charge in [0.15, 0.2) is 0 Å². The van der Waals surface area contributed by atoms with Crippen molar-refractivity contribution in [3.63, 3.8) is 0 Å². The van der Waals surface area contributed by atoms with E-state index in [9.17, 15) is 0 Å². The van der Waals surface area contributed by atoms with Crippen molar-refractivity contribution in [2.24, 2.45) is 0 Å². The van der Waals surface area contributed by atoms with Crippen LogP contribution >= 0.6 is 0 Å². The first-order chi connectivity index (χ1) is 7.18. The van der Waals surface area contributed by atoms with Crippen LogP contribution in [0.1, 0.15) is 44.7 Å². The highest BCUT2D eigenvalue weighted by atomic mass is 14.9. The van der Waals surface area contributed by atoms with Crippen LogP contribution in [0, 0.1) is 6.92 Å². The third-order valence-electron chi connectivity index (χ3n) is 2.32. The molecule has 1 N–H and O–H groups in total. The molecule has 82 valence electrons. The molecule has 1 heterocycles. The van der Waals surface area contributed by atoms with Crippen molar-refractivity contribution in [2.75, 3.05) is 0 Å². The summed E-state index contributed by atoms with van der Waals surface area (Å²) in [7, 11) is 0. The first kappa shape index (κ1) is 11.8. The summed E-state index contributed by atoms with van der Waals surface area (Å²) < 4.78 is 0. The van der Waals surface area contributed by atoms with Gasteiger partial charge in [-0.25, -0.2) is 4.98 Å². The Morgan fingerprint density at radius 2 is 1.87 bits per heavy atom. The molecule has 15 heavy (non-hydrogen) atoms. The minimum atomic E-state index is 0.533. The van der Waals surface area contributed by atoms with Gasteiger partial charge in [-0.2, -0.15) is 0 Å². The van der Waals surface area contributed by atoms with Crippen LogP contribution in [0.25, 0.3) is 11.0 Å². The number of imidazole rings is 1. The van der Waals surface area contributed by atoms with E-state index in [1.165, 1.54) is 11.1 Å². The van der Waals surface area contributed by atoms with Gasteiger partial charge in [-0.15, -0.1) is 0 Å². The van der Waals surface area contributed by atoms with E-state index < -0.39 is 0 Å². The summed E-state index contributed by atoms with van der Waals surface area (Å²) in [6, 6.07) is 4.35. The Hall–Kier alpha value is -1.31. The molecule has 0 fully saturated rings. The maximum atomic E-state index is 4.33. The largest absolute Gasteiger partial charge is 0.345 e. The van der Waals surface area contributed by atoms with Crippen LogP contribution in [0.5, 0.6) is 0 Å². The average molecular weight is 204 g/mol. The molecule has 0 amide bonds. The summed E-state index contributed by atoms with van der Waals surface area (Å²) in [6.45, 7) is 10.5. The number of fused-ring (bicyclic) bond motifs is 1. The van der Waals surface area contributed by atoms with E-state index in [2.05, 4.69) is 42.9 Å². The zero-order chi connectivity index (χ0) is 11.4. The number of nitrogens with one attached hydrogen (secondary N) is 1. The molecule has 0 bridgehead atoms. The number of benzene rings is 1. The molecule has 2 rings (SSSR count). The third kappa shape index (κ3) is 2.38. The zero-order valence-corrected chi connectivity index (χ0v) is 10.3. The first-order valence-electron chi connectivity index (χ1n) is 5.62. The lowest BCUT2D eigenvalue weighted by molar-refractivity contribution is 0.872. The predicted octanol–water partition coefficient (Wildman–Crippen LogP) is 4.02. The highest BCUT2D eigenvalue weighted by Crippen LogP contribution is 2.24. The molecule has 1 aromatic carbocycles. The van der Waals surface area contributed by atoms with Gasteiger partial charge in [0.1, 0.15) is 0 Å². The Balaban J connectivity index is 0.000000531. The number of H-pyrrole nitrogens is 1. The first-order valence-corrected chi connectivity index (χ1v) is 5.62. The van der Waals surface area contributed by atoms with Crippen molar-refractivity contribution in [1.29, 1.82) is 0 Å². The third-order valence-corrected chi connectivity index (χ3v) is 2.32. The molecule has 2 nitrogen and oxygen atoms in total. The van der Waals surface area contributed by atoms with Gasteiger partial charge >= 0.3 is 0 Å². The fraction of sp³-hybridized carbons (Fsp3) is 0.462. The van der Waals surface area contributed by atoms with Crippen molar-refractivity contribution in [2.45, 2.75) is 40.5 Å². The van der Waals surface area contributed by atoms with Gasteiger partial charge < -0.3 is 4.98 Å². The number of hydrogen-bond acceptors (Lipinski definition) is 1. The van der Waals surface area contributed by atoms with Crippen LogP contribution in [-0.2, 0) is 0 Å². The highest BCUT2D eigenvalue weighted by Gasteiger charge is 2.07. The molecular formula is C13H20N2. The summed E-state index contributed by atoms with van der Waals surface area (Å²) in [6.07, 6.45) is 1.76.